The normalized spacial score (nSPS) is 27.2. The lowest BCUT2D eigenvalue weighted by Gasteiger charge is -2.32. The Morgan fingerprint density at radius 1 is 1.13 bits per heavy atom. The van der Waals surface area contributed by atoms with Crippen molar-refractivity contribution in [3.05, 3.63) is 35.4 Å². The predicted octanol–water partition coefficient (Wildman–Crippen LogP) is 0.690. The average molecular weight is 436 g/mol. The number of urea groups is 1. The number of likely N-dealkylation sites (tertiary alicyclic amines) is 1. The molecule has 0 bridgehead atoms. The summed E-state index contributed by atoms with van der Waals surface area (Å²) in [4.78, 5) is 43.7. The number of nitrogens with one attached hydrogen (secondary N) is 2. The van der Waals surface area contributed by atoms with Crippen LogP contribution in [0.25, 0.3) is 0 Å². The van der Waals surface area contributed by atoms with Crippen molar-refractivity contribution in [1.82, 2.24) is 25.3 Å². The standard InChI is InChI=1S/C21H29N5O3.ClH/c1-15-3-5-16(6-4-15)21(2)19(28)26(20(29)23-21)14-18(27)25-10-7-17(13-25)24-11-8-22-9-12-24;/h3-6,17,22H,7-14H2,1-2H3,(H,23,29);1H. The second-order valence-electron chi connectivity index (χ2n) is 8.38. The third-order valence-corrected chi connectivity index (χ3v) is 6.38. The molecule has 2 atom stereocenters. The SMILES string of the molecule is Cc1ccc(C2(C)NC(=O)N(CC(=O)N3CCC(N4CCNCC4)C3)C2=O)cc1.Cl. The molecule has 3 saturated heterocycles. The molecule has 3 heterocycles. The molecule has 30 heavy (non-hydrogen) atoms. The van der Waals surface area contributed by atoms with E-state index in [9.17, 15) is 14.4 Å². The van der Waals surface area contributed by atoms with Gasteiger partial charge in [0.1, 0.15) is 12.1 Å². The minimum absolute atomic E-state index is 0. The molecule has 4 amide bonds. The number of aryl methyl sites for hydroxylation is 1. The molecule has 3 aliphatic heterocycles. The van der Waals surface area contributed by atoms with Crippen LogP contribution in [0.4, 0.5) is 4.79 Å². The van der Waals surface area contributed by atoms with E-state index in [1.807, 2.05) is 31.2 Å². The monoisotopic (exact) mass is 435 g/mol. The van der Waals surface area contributed by atoms with Crippen molar-refractivity contribution < 1.29 is 14.4 Å². The Kier molecular flexibility index (Phi) is 6.69. The van der Waals surface area contributed by atoms with Gasteiger partial charge in [0.2, 0.25) is 5.91 Å². The Labute approximate surface area is 183 Å². The molecule has 0 radical (unpaired) electrons. The van der Waals surface area contributed by atoms with E-state index in [0.29, 0.717) is 19.1 Å². The Bertz CT molecular complexity index is 811. The first-order chi connectivity index (χ1) is 13.9. The number of nitrogens with zero attached hydrogens (tertiary/aromatic N) is 3. The molecule has 9 heteroatoms. The second-order valence-corrected chi connectivity index (χ2v) is 8.38. The van der Waals surface area contributed by atoms with Crippen LogP contribution in [0.3, 0.4) is 0 Å². The van der Waals surface area contributed by atoms with E-state index >= 15 is 0 Å². The molecule has 0 saturated carbocycles. The zero-order valence-corrected chi connectivity index (χ0v) is 18.3. The first-order valence-corrected chi connectivity index (χ1v) is 10.3. The summed E-state index contributed by atoms with van der Waals surface area (Å²) in [6.07, 6.45) is 0.937. The number of hydrogen-bond acceptors (Lipinski definition) is 5. The quantitative estimate of drug-likeness (QED) is 0.680. The molecule has 2 unspecified atom stereocenters. The van der Waals surface area contributed by atoms with Crippen molar-refractivity contribution in [2.24, 2.45) is 0 Å². The van der Waals surface area contributed by atoms with E-state index in [0.717, 1.165) is 48.6 Å². The molecular formula is C21H30ClN5O3. The second kappa shape index (κ2) is 8.91. The first-order valence-electron chi connectivity index (χ1n) is 10.3. The molecular weight excluding hydrogens is 406 g/mol. The molecule has 0 aromatic heterocycles. The van der Waals surface area contributed by atoms with E-state index < -0.39 is 11.6 Å². The van der Waals surface area contributed by atoms with E-state index in [1.165, 1.54) is 0 Å². The van der Waals surface area contributed by atoms with Crippen molar-refractivity contribution in [1.29, 1.82) is 0 Å². The van der Waals surface area contributed by atoms with Crippen LogP contribution in [0.15, 0.2) is 24.3 Å². The maximum Gasteiger partial charge on any atom is 0.325 e. The smallest absolute Gasteiger partial charge is 0.325 e. The van der Waals surface area contributed by atoms with Crippen LogP contribution in [-0.2, 0) is 15.1 Å². The van der Waals surface area contributed by atoms with Gasteiger partial charge >= 0.3 is 6.03 Å². The third-order valence-electron chi connectivity index (χ3n) is 6.38. The molecule has 0 aliphatic carbocycles. The summed E-state index contributed by atoms with van der Waals surface area (Å²) >= 11 is 0. The lowest BCUT2D eigenvalue weighted by atomic mass is 9.91. The fourth-order valence-corrected chi connectivity index (χ4v) is 4.47. The van der Waals surface area contributed by atoms with Gasteiger partial charge in [-0.25, -0.2) is 4.79 Å². The molecule has 1 aromatic carbocycles. The predicted molar refractivity (Wildman–Crippen MR) is 115 cm³/mol. The van der Waals surface area contributed by atoms with Crippen molar-refractivity contribution in [2.75, 3.05) is 45.8 Å². The molecule has 164 valence electrons. The number of rotatable bonds is 4. The topological polar surface area (TPSA) is 85.0 Å². The van der Waals surface area contributed by atoms with Crippen LogP contribution in [0.5, 0.6) is 0 Å². The highest BCUT2D eigenvalue weighted by Crippen LogP contribution is 2.29. The summed E-state index contributed by atoms with van der Waals surface area (Å²) in [5, 5.41) is 6.12. The van der Waals surface area contributed by atoms with Crippen LogP contribution in [-0.4, -0.2) is 84.4 Å². The number of amides is 4. The molecule has 2 N–H and O–H groups in total. The highest BCUT2D eigenvalue weighted by atomic mass is 35.5. The van der Waals surface area contributed by atoms with Crippen molar-refractivity contribution in [3.8, 4) is 0 Å². The number of benzene rings is 1. The van der Waals surface area contributed by atoms with Gasteiger partial charge in [0.05, 0.1) is 0 Å². The van der Waals surface area contributed by atoms with Gasteiger partial charge in [0, 0.05) is 45.3 Å². The van der Waals surface area contributed by atoms with Gasteiger partial charge in [-0.1, -0.05) is 29.8 Å². The van der Waals surface area contributed by atoms with E-state index in [2.05, 4.69) is 15.5 Å². The summed E-state index contributed by atoms with van der Waals surface area (Å²) in [5.74, 6) is -0.545. The van der Waals surface area contributed by atoms with Crippen LogP contribution < -0.4 is 10.6 Å². The molecule has 1 aromatic rings. The van der Waals surface area contributed by atoms with Crippen LogP contribution in [0, 0.1) is 6.92 Å². The Hall–Kier alpha value is -2.16. The van der Waals surface area contributed by atoms with Gasteiger partial charge in [0.15, 0.2) is 0 Å². The highest BCUT2D eigenvalue weighted by molar-refractivity contribution is 6.09. The molecule has 8 nitrogen and oxygen atoms in total. The highest BCUT2D eigenvalue weighted by Gasteiger charge is 2.50. The van der Waals surface area contributed by atoms with Gasteiger partial charge in [-0.05, 0) is 25.8 Å². The van der Waals surface area contributed by atoms with Crippen LogP contribution in [0.2, 0.25) is 0 Å². The van der Waals surface area contributed by atoms with E-state index in [4.69, 9.17) is 0 Å². The summed E-state index contributed by atoms with van der Waals surface area (Å²) < 4.78 is 0. The van der Waals surface area contributed by atoms with E-state index in [1.54, 1.807) is 11.8 Å². The number of carbonyl (C=O) groups is 3. The Morgan fingerprint density at radius 3 is 2.47 bits per heavy atom. The fourth-order valence-electron chi connectivity index (χ4n) is 4.47. The van der Waals surface area contributed by atoms with E-state index in [-0.39, 0.29) is 30.8 Å². The fraction of sp³-hybridized carbons (Fsp3) is 0.571. The summed E-state index contributed by atoms with van der Waals surface area (Å²) in [6.45, 7) is 8.73. The number of carbonyl (C=O) groups excluding carboxylic acids is 3. The minimum atomic E-state index is -1.14. The van der Waals surface area contributed by atoms with Crippen LogP contribution >= 0.6 is 12.4 Å². The van der Waals surface area contributed by atoms with Gasteiger partial charge in [-0.2, -0.15) is 0 Å². The summed E-state index contributed by atoms with van der Waals surface area (Å²) in [7, 11) is 0. The lowest BCUT2D eigenvalue weighted by molar-refractivity contribution is -0.138. The van der Waals surface area contributed by atoms with Crippen molar-refractivity contribution in [3.63, 3.8) is 0 Å². The number of halogens is 1. The number of piperazine rings is 1. The summed E-state index contributed by atoms with van der Waals surface area (Å²) in [5.41, 5.74) is 0.657. The molecule has 0 spiro atoms. The van der Waals surface area contributed by atoms with Gasteiger partial charge in [0.25, 0.3) is 5.91 Å². The Morgan fingerprint density at radius 2 is 1.80 bits per heavy atom. The first kappa shape index (κ1) is 22.5. The third kappa shape index (κ3) is 4.17. The largest absolute Gasteiger partial charge is 0.340 e. The average Bonchev–Trinajstić information content (AvgIpc) is 3.29. The van der Waals surface area contributed by atoms with Gasteiger partial charge in [-0.15, -0.1) is 12.4 Å². The van der Waals surface area contributed by atoms with Gasteiger partial charge < -0.3 is 15.5 Å². The Balaban J connectivity index is 0.00000256. The molecule has 3 aliphatic rings. The lowest BCUT2D eigenvalue weighted by Crippen LogP contribution is -2.50. The zero-order valence-electron chi connectivity index (χ0n) is 17.5. The molecule has 4 rings (SSSR count). The van der Waals surface area contributed by atoms with Gasteiger partial charge in [-0.3, -0.25) is 19.4 Å². The maximum absolute atomic E-state index is 13.0. The van der Waals surface area contributed by atoms with Crippen molar-refractivity contribution in [2.45, 2.75) is 31.8 Å². The van der Waals surface area contributed by atoms with Crippen LogP contribution in [0.1, 0.15) is 24.5 Å². The number of imide groups is 1. The maximum atomic E-state index is 13.0. The number of hydrogen-bond donors (Lipinski definition) is 2. The zero-order chi connectivity index (χ0) is 20.6. The summed E-state index contributed by atoms with van der Waals surface area (Å²) in [6, 6.07) is 7.36. The minimum Gasteiger partial charge on any atom is -0.340 e. The molecule has 3 fully saturated rings. The van der Waals surface area contributed by atoms with Crippen molar-refractivity contribution >= 4 is 30.3 Å².